The predicted molar refractivity (Wildman–Crippen MR) is 98.2 cm³/mol. The molecule has 0 aliphatic heterocycles. The zero-order valence-corrected chi connectivity index (χ0v) is 19.5. The van der Waals surface area contributed by atoms with E-state index in [9.17, 15) is 0 Å². The molecule has 25 heavy (non-hydrogen) atoms. The van der Waals surface area contributed by atoms with Gasteiger partial charge in [0.15, 0.2) is 0 Å². The van der Waals surface area contributed by atoms with Gasteiger partial charge in [-0.05, 0) is 29.0 Å². The molecule has 0 atom stereocenters. The van der Waals surface area contributed by atoms with Crippen molar-refractivity contribution in [2.24, 2.45) is 0 Å². The molecular weight excluding hydrogens is 514 g/mol. The molecule has 5 heteroatoms. The SMILES string of the molecule is Brc1ccc2c(c1)Cc1sc3ccc[c-]c3c1-2.[C-]1=CC=CC1.[Cl-].[Cl-].[Zr+4]. The third-order valence-electron chi connectivity index (χ3n) is 3.85. The van der Waals surface area contributed by atoms with E-state index in [2.05, 4.69) is 64.5 Å². The van der Waals surface area contributed by atoms with Crippen LogP contribution in [0.2, 0.25) is 0 Å². The fourth-order valence-corrected chi connectivity index (χ4v) is 4.53. The number of hydrogen-bond donors (Lipinski definition) is 0. The summed E-state index contributed by atoms with van der Waals surface area (Å²) in [5.74, 6) is 0. The van der Waals surface area contributed by atoms with Crippen LogP contribution in [-0.4, -0.2) is 0 Å². The van der Waals surface area contributed by atoms with Gasteiger partial charge in [0.1, 0.15) is 0 Å². The van der Waals surface area contributed by atoms with Gasteiger partial charge < -0.3 is 24.8 Å². The Morgan fingerprint density at radius 3 is 2.64 bits per heavy atom. The van der Waals surface area contributed by atoms with Crippen molar-refractivity contribution < 1.29 is 51.0 Å². The standard InChI is InChI=1S/C15H8BrS.C5H5.2ClH.Zr/c16-10-5-6-11-9(7-10)8-14-15(11)12-3-1-2-4-13(12)17-14;1-2-4-5-3-1;;;/h1-2,4-7H,8H2;1-3H,4H2;2*1H;/q2*-1;;;+4/p-2. The third-order valence-corrected chi connectivity index (χ3v) is 5.50. The van der Waals surface area contributed by atoms with Gasteiger partial charge in [0.25, 0.3) is 0 Å². The van der Waals surface area contributed by atoms with Crippen LogP contribution in [-0.2, 0) is 32.6 Å². The Bertz CT molecular complexity index is 905. The molecule has 0 bridgehead atoms. The molecule has 1 aromatic heterocycles. The Labute approximate surface area is 192 Å². The zero-order chi connectivity index (χ0) is 14.9. The van der Waals surface area contributed by atoms with E-state index < -0.39 is 0 Å². The second-order valence-electron chi connectivity index (χ2n) is 5.29. The number of allylic oxidation sites excluding steroid dienone is 4. The maximum absolute atomic E-state index is 3.54. The largest absolute Gasteiger partial charge is 4.00 e. The molecule has 0 saturated carbocycles. The van der Waals surface area contributed by atoms with Gasteiger partial charge in [-0.3, -0.25) is 6.08 Å². The van der Waals surface area contributed by atoms with Crippen LogP contribution in [0.5, 0.6) is 0 Å². The summed E-state index contributed by atoms with van der Waals surface area (Å²) in [4.78, 5) is 1.48. The molecule has 0 amide bonds. The summed E-state index contributed by atoms with van der Waals surface area (Å²) in [6, 6.07) is 16.2. The average Bonchev–Trinajstić information content (AvgIpc) is 3.24. The van der Waals surface area contributed by atoms with Gasteiger partial charge >= 0.3 is 26.2 Å². The fraction of sp³-hybridized carbons (Fsp3) is 0.100. The van der Waals surface area contributed by atoms with Gasteiger partial charge in [-0.15, -0.1) is 36.1 Å². The Morgan fingerprint density at radius 2 is 1.96 bits per heavy atom. The summed E-state index contributed by atoms with van der Waals surface area (Å²) < 4.78 is 2.52. The van der Waals surface area contributed by atoms with Crippen molar-refractivity contribution in [2.45, 2.75) is 12.8 Å². The van der Waals surface area contributed by atoms with Gasteiger partial charge in [-0.25, -0.2) is 23.5 Å². The first-order valence-electron chi connectivity index (χ1n) is 7.25. The summed E-state index contributed by atoms with van der Waals surface area (Å²) in [6.07, 6.45) is 11.1. The predicted octanol–water partition coefficient (Wildman–Crippen LogP) is 0.346. The van der Waals surface area contributed by atoms with Crippen LogP contribution in [0.15, 0.2) is 59.1 Å². The molecule has 2 aromatic carbocycles. The smallest absolute Gasteiger partial charge is 1.00 e. The minimum Gasteiger partial charge on any atom is -1.00 e. The van der Waals surface area contributed by atoms with E-state index in [0.717, 1.165) is 12.8 Å². The molecule has 0 spiro atoms. The minimum atomic E-state index is 0. The van der Waals surface area contributed by atoms with E-state index in [1.807, 2.05) is 29.6 Å². The summed E-state index contributed by atoms with van der Waals surface area (Å²) in [6.45, 7) is 0. The molecule has 124 valence electrons. The number of fused-ring (bicyclic) bond motifs is 5. The molecule has 0 saturated heterocycles. The molecule has 0 N–H and O–H groups in total. The molecule has 0 radical (unpaired) electrons. The van der Waals surface area contributed by atoms with Crippen LogP contribution in [0.25, 0.3) is 21.2 Å². The fourth-order valence-electron chi connectivity index (χ4n) is 2.90. The van der Waals surface area contributed by atoms with Crippen molar-refractivity contribution in [2.75, 3.05) is 0 Å². The molecule has 1 heterocycles. The maximum atomic E-state index is 3.54. The van der Waals surface area contributed by atoms with Crippen molar-refractivity contribution >= 4 is 37.4 Å². The molecule has 0 unspecified atom stereocenters. The van der Waals surface area contributed by atoms with Gasteiger partial charge in [-0.1, -0.05) is 37.8 Å². The Balaban J connectivity index is 0.000000344. The maximum Gasteiger partial charge on any atom is 4.00 e. The van der Waals surface area contributed by atoms with Gasteiger partial charge in [0.2, 0.25) is 0 Å². The van der Waals surface area contributed by atoms with Gasteiger partial charge in [0.05, 0.1) is 0 Å². The number of thiophene rings is 1. The molecule has 0 fully saturated rings. The quantitative estimate of drug-likeness (QED) is 0.290. The van der Waals surface area contributed by atoms with Crippen LogP contribution >= 0.6 is 27.3 Å². The monoisotopic (exact) mass is 524 g/mol. The number of benzene rings is 2. The summed E-state index contributed by atoms with van der Waals surface area (Å²) >= 11 is 5.45. The van der Waals surface area contributed by atoms with E-state index in [0.29, 0.717) is 0 Å². The topological polar surface area (TPSA) is 0 Å². The normalized spacial score (nSPS) is 12.2. The first kappa shape index (κ1) is 22.9. The first-order chi connectivity index (χ1) is 10.8. The molecular formula is C20H13BrCl2SZr. The van der Waals surface area contributed by atoms with E-state index in [4.69, 9.17) is 0 Å². The molecule has 3 aromatic rings. The first-order valence-corrected chi connectivity index (χ1v) is 8.86. The Morgan fingerprint density at radius 1 is 1.12 bits per heavy atom. The van der Waals surface area contributed by atoms with Crippen molar-refractivity contribution in [1.82, 2.24) is 0 Å². The van der Waals surface area contributed by atoms with Crippen LogP contribution in [0.4, 0.5) is 0 Å². The molecule has 5 rings (SSSR count). The summed E-state index contributed by atoms with van der Waals surface area (Å²) in [5, 5.41) is 1.29. The van der Waals surface area contributed by atoms with Crippen molar-refractivity contribution in [3.63, 3.8) is 0 Å². The molecule has 2 aliphatic carbocycles. The van der Waals surface area contributed by atoms with Crippen LogP contribution in [0, 0.1) is 12.1 Å². The van der Waals surface area contributed by atoms with Crippen LogP contribution in [0.1, 0.15) is 16.9 Å². The third kappa shape index (κ3) is 4.76. The molecule has 0 nitrogen and oxygen atoms in total. The van der Waals surface area contributed by atoms with E-state index in [-0.39, 0.29) is 51.0 Å². The number of hydrogen-bond acceptors (Lipinski definition) is 1. The second kappa shape index (κ2) is 10.2. The second-order valence-corrected chi connectivity index (χ2v) is 7.34. The van der Waals surface area contributed by atoms with Crippen LogP contribution < -0.4 is 24.8 Å². The van der Waals surface area contributed by atoms with Crippen molar-refractivity contribution in [1.29, 1.82) is 0 Å². The minimum absolute atomic E-state index is 0. The number of halogens is 3. The average molecular weight is 527 g/mol. The van der Waals surface area contributed by atoms with Gasteiger partial charge in [0, 0.05) is 4.47 Å². The zero-order valence-electron chi connectivity index (χ0n) is 13.2. The Kier molecular flexibility index (Phi) is 9.36. The van der Waals surface area contributed by atoms with E-state index >= 15 is 0 Å². The van der Waals surface area contributed by atoms with Crippen molar-refractivity contribution in [3.05, 3.63) is 81.7 Å². The summed E-state index contributed by atoms with van der Waals surface area (Å²) in [7, 11) is 0. The van der Waals surface area contributed by atoms with E-state index in [1.165, 1.54) is 36.1 Å². The number of rotatable bonds is 0. The Hall–Kier alpha value is -0.177. The van der Waals surface area contributed by atoms with Gasteiger partial charge in [-0.2, -0.15) is 6.08 Å². The van der Waals surface area contributed by atoms with Crippen LogP contribution in [0.3, 0.4) is 0 Å². The molecule has 2 aliphatic rings. The summed E-state index contributed by atoms with van der Waals surface area (Å²) in [5.41, 5.74) is 4.23. The van der Waals surface area contributed by atoms with E-state index in [1.54, 1.807) is 0 Å². The van der Waals surface area contributed by atoms with Crippen molar-refractivity contribution in [3.8, 4) is 11.1 Å².